The Morgan fingerprint density at radius 3 is 2.85 bits per heavy atom. The lowest BCUT2D eigenvalue weighted by atomic mass is 9.81. The van der Waals surface area contributed by atoms with Gasteiger partial charge in [-0.1, -0.05) is 51.8 Å². The van der Waals surface area contributed by atoms with Crippen LogP contribution in [0.5, 0.6) is 0 Å². The van der Waals surface area contributed by atoms with Gasteiger partial charge in [-0.2, -0.15) is 0 Å². The summed E-state index contributed by atoms with van der Waals surface area (Å²) >= 11 is 0. The quantitative estimate of drug-likeness (QED) is 0.520. The van der Waals surface area contributed by atoms with Gasteiger partial charge in [-0.3, -0.25) is 4.79 Å². The summed E-state index contributed by atoms with van der Waals surface area (Å²) in [6, 6.07) is 0. The number of fused-ring (bicyclic) bond motifs is 1. The molecule has 0 aliphatic heterocycles. The highest BCUT2D eigenvalue weighted by Gasteiger charge is 2.38. The molecule has 4 heteroatoms. The Bertz CT molecular complexity index is 520. The molecule has 26 heavy (non-hydrogen) atoms. The Labute approximate surface area is 158 Å². The summed E-state index contributed by atoms with van der Waals surface area (Å²) in [5, 5.41) is 19.2. The number of aliphatic carboxylic acids is 1. The van der Waals surface area contributed by atoms with Gasteiger partial charge >= 0.3 is 5.97 Å². The summed E-state index contributed by atoms with van der Waals surface area (Å²) in [4.78, 5) is 10.6. The third-order valence-electron chi connectivity index (χ3n) is 6.07. The van der Waals surface area contributed by atoms with Gasteiger partial charge in [-0.05, 0) is 54.9 Å². The Kier molecular flexibility index (Phi) is 7.90. The first kappa shape index (κ1) is 21.2. The highest BCUT2D eigenvalue weighted by Crippen LogP contribution is 2.46. The molecule has 2 N–H and O–H groups in total. The van der Waals surface area contributed by atoms with Crippen molar-refractivity contribution in [1.29, 1.82) is 0 Å². The van der Waals surface area contributed by atoms with Crippen LogP contribution in [0.1, 0.15) is 72.1 Å². The van der Waals surface area contributed by atoms with Gasteiger partial charge in [0.1, 0.15) is 0 Å². The minimum absolute atomic E-state index is 0.0868. The topological polar surface area (TPSA) is 66.8 Å². The molecule has 0 aromatic rings. The fourth-order valence-electron chi connectivity index (χ4n) is 4.23. The molecule has 0 radical (unpaired) electrons. The minimum atomic E-state index is -0.757. The Morgan fingerprint density at radius 2 is 2.15 bits per heavy atom. The fourth-order valence-corrected chi connectivity index (χ4v) is 4.23. The number of aliphatic hydroxyl groups is 1. The molecule has 1 unspecified atom stereocenters. The van der Waals surface area contributed by atoms with Gasteiger partial charge < -0.3 is 14.9 Å². The lowest BCUT2D eigenvalue weighted by Crippen LogP contribution is -2.27. The van der Waals surface area contributed by atoms with Crippen molar-refractivity contribution in [3.8, 4) is 0 Å². The number of ether oxygens (including phenoxy) is 1. The van der Waals surface area contributed by atoms with E-state index in [4.69, 9.17) is 9.84 Å². The molecule has 0 spiro atoms. The van der Waals surface area contributed by atoms with E-state index in [-0.39, 0.29) is 17.9 Å². The summed E-state index contributed by atoms with van der Waals surface area (Å²) < 4.78 is 5.90. The Morgan fingerprint density at radius 1 is 1.38 bits per heavy atom. The van der Waals surface area contributed by atoms with Gasteiger partial charge in [-0.25, -0.2) is 0 Å². The van der Waals surface area contributed by atoms with E-state index in [2.05, 4.69) is 32.9 Å². The Hall–Kier alpha value is -1.13. The zero-order valence-corrected chi connectivity index (χ0v) is 16.6. The predicted molar refractivity (Wildman–Crippen MR) is 104 cm³/mol. The number of carboxylic acids is 1. The van der Waals surface area contributed by atoms with Crippen molar-refractivity contribution in [3.05, 3.63) is 23.8 Å². The van der Waals surface area contributed by atoms with E-state index in [1.165, 1.54) is 5.57 Å². The molecule has 4 atom stereocenters. The van der Waals surface area contributed by atoms with Crippen LogP contribution in [0, 0.1) is 17.3 Å². The highest BCUT2D eigenvalue weighted by molar-refractivity contribution is 5.66. The van der Waals surface area contributed by atoms with Crippen LogP contribution in [0.25, 0.3) is 0 Å². The average molecular weight is 365 g/mol. The molecular weight excluding hydrogens is 328 g/mol. The molecule has 2 aliphatic carbocycles. The lowest BCUT2D eigenvalue weighted by molar-refractivity contribution is -0.137. The molecule has 148 valence electrons. The van der Waals surface area contributed by atoms with Crippen LogP contribution in [-0.4, -0.2) is 35.0 Å². The summed E-state index contributed by atoms with van der Waals surface area (Å²) in [6.07, 6.45) is 13.5. The van der Waals surface area contributed by atoms with E-state index in [1.54, 1.807) is 0 Å². The van der Waals surface area contributed by atoms with E-state index in [0.29, 0.717) is 24.9 Å². The highest BCUT2D eigenvalue weighted by atomic mass is 16.5. The Balaban J connectivity index is 1.80. The monoisotopic (exact) mass is 364 g/mol. The third kappa shape index (κ3) is 5.95. The van der Waals surface area contributed by atoms with Crippen molar-refractivity contribution in [1.82, 2.24) is 0 Å². The normalized spacial score (nSPS) is 26.9. The van der Waals surface area contributed by atoms with Crippen molar-refractivity contribution in [2.45, 2.75) is 84.3 Å². The number of carbonyl (C=O) groups is 1. The standard InChI is InChI=1S/C22H36O4/c1-4-5-12-22(2,3)20(23)11-10-16-8-9-17-14-18(15-19(16)17)26-13-6-7-21(24)25/h8,10-11,17-20,23H,4-7,9,12-15H2,1-3H3,(H,24,25)/t17-,18+,19+,20?/m1/s1. The molecule has 1 saturated carbocycles. The van der Waals surface area contributed by atoms with Crippen LogP contribution < -0.4 is 0 Å². The molecule has 0 aromatic heterocycles. The minimum Gasteiger partial charge on any atom is -0.481 e. The number of carboxylic acid groups (broad SMARTS) is 1. The smallest absolute Gasteiger partial charge is 0.303 e. The fraction of sp³-hybridized carbons (Fsp3) is 0.773. The maximum Gasteiger partial charge on any atom is 0.303 e. The molecule has 0 aromatic carbocycles. The number of rotatable bonds is 11. The van der Waals surface area contributed by atoms with Crippen LogP contribution in [0.4, 0.5) is 0 Å². The van der Waals surface area contributed by atoms with Gasteiger partial charge in [-0.15, -0.1) is 0 Å². The lowest BCUT2D eigenvalue weighted by Gasteiger charge is -2.28. The first-order valence-corrected chi connectivity index (χ1v) is 10.2. The third-order valence-corrected chi connectivity index (χ3v) is 6.07. The van der Waals surface area contributed by atoms with Crippen molar-refractivity contribution in [2.75, 3.05) is 6.61 Å². The maximum atomic E-state index is 10.6. The van der Waals surface area contributed by atoms with Crippen LogP contribution in [0.15, 0.2) is 23.8 Å². The molecule has 0 saturated heterocycles. The number of hydrogen-bond donors (Lipinski definition) is 2. The molecule has 0 amide bonds. The average Bonchev–Trinajstić information content (AvgIpc) is 3.15. The van der Waals surface area contributed by atoms with E-state index >= 15 is 0 Å². The second-order valence-electron chi connectivity index (χ2n) is 8.66. The van der Waals surface area contributed by atoms with E-state index in [9.17, 15) is 9.90 Å². The zero-order chi connectivity index (χ0) is 19.2. The molecule has 0 heterocycles. The number of aliphatic hydroxyl groups excluding tert-OH is 1. The van der Waals surface area contributed by atoms with Gasteiger partial charge in [0.2, 0.25) is 0 Å². The summed E-state index contributed by atoms with van der Waals surface area (Å²) in [5.74, 6) is 0.415. The van der Waals surface area contributed by atoms with Gasteiger partial charge in [0, 0.05) is 13.0 Å². The second kappa shape index (κ2) is 9.70. The summed E-state index contributed by atoms with van der Waals surface area (Å²) in [7, 11) is 0. The molecule has 0 bridgehead atoms. The predicted octanol–water partition coefficient (Wildman–Crippen LogP) is 4.73. The van der Waals surface area contributed by atoms with Gasteiger partial charge in [0.15, 0.2) is 0 Å². The second-order valence-corrected chi connectivity index (χ2v) is 8.66. The van der Waals surface area contributed by atoms with E-state index < -0.39 is 12.1 Å². The van der Waals surface area contributed by atoms with Crippen molar-refractivity contribution >= 4 is 5.97 Å². The van der Waals surface area contributed by atoms with E-state index in [1.807, 2.05) is 6.08 Å². The largest absolute Gasteiger partial charge is 0.481 e. The van der Waals surface area contributed by atoms with Crippen LogP contribution in [-0.2, 0) is 9.53 Å². The van der Waals surface area contributed by atoms with E-state index in [0.717, 1.165) is 38.5 Å². The van der Waals surface area contributed by atoms with Crippen molar-refractivity contribution in [2.24, 2.45) is 17.3 Å². The summed E-state index contributed by atoms with van der Waals surface area (Å²) in [6.45, 7) is 7.00. The van der Waals surface area contributed by atoms with Crippen LogP contribution in [0.2, 0.25) is 0 Å². The van der Waals surface area contributed by atoms with Crippen LogP contribution in [0.3, 0.4) is 0 Å². The van der Waals surface area contributed by atoms with Crippen molar-refractivity contribution < 1.29 is 19.7 Å². The summed E-state index contributed by atoms with van der Waals surface area (Å²) in [5.41, 5.74) is 1.26. The number of unbranched alkanes of at least 4 members (excludes halogenated alkanes) is 1. The SMILES string of the molecule is CCCCC(C)(C)C(O)C=CC1=CC[C@@H]2C[C@H](OCCCC(=O)O)C[C@@H]12. The van der Waals surface area contributed by atoms with Gasteiger partial charge in [0.05, 0.1) is 12.2 Å². The molecule has 2 aliphatic rings. The number of allylic oxidation sites excluding steroid dienone is 3. The first-order chi connectivity index (χ1) is 12.3. The molecular formula is C22H36O4. The van der Waals surface area contributed by atoms with Crippen LogP contribution >= 0.6 is 0 Å². The first-order valence-electron chi connectivity index (χ1n) is 10.2. The number of hydrogen-bond acceptors (Lipinski definition) is 3. The van der Waals surface area contributed by atoms with Gasteiger partial charge in [0.25, 0.3) is 0 Å². The zero-order valence-electron chi connectivity index (χ0n) is 16.6. The molecule has 2 rings (SSSR count). The molecule has 1 fully saturated rings. The van der Waals surface area contributed by atoms with Crippen molar-refractivity contribution in [3.63, 3.8) is 0 Å². The molecule has 4 nitrogen and oxygen atoms in total. The maximum absolute atomic E-state index is 10.6.